The maximum atomic E-state index is 5.43. The third-order valence-corrected chi connectivity index (χ3v) is 2.18. The fourth-order valence-corrected chi connectivity index (χ4v) is 1.38. The molecule has 96 valence electrons. The summed E-state index contributed by atoms with van der Waals surface area (Å²) in [6.07, 6.45) is 2.61. The molecule has 0 aliphatic heterocycles. The third kappa shape index (κ3) is 3.44. The molecule has 6 nitrogen and oxygen atoms in total. The van der Waals surface area contributed by atoms with Crippen molar-refractivity contribution >= 4 is 5.95 Å². The van der Waals surface area contributed by atoms with Crippen molar-refractivity contribution in [1.82, 2.24) is 15.1 Å². The van der Waals surface area contributed by atoms with Gasteiger partial charge >= 0.3 is 0 Å². The molecule has 2 heterocycles. The van der Waals surface area contributed by atoms with E-state index in [2.05, 4.69) is 20.4 Å². The molecule has 0 radical (unpaired) electrons. The average molecular weight is 248 g/mol. The number of nitrogens with one attached hydrogen (secondary N) is 1. The fourth-order valence-electron chi connectivity index (χ4n) is 1.38. The lowest BCUT2D eigenvalue weighted by molar-refractivity contribution is 0.305. The van der Waals surface area contributed by atoms with Crippen LogP contribution in [0.25, 0.3) is 0 Å². The largest absolute Gasteiger partial charge is 0.478 e. The maximum absolute atomic E-state index is 5.43. The number of aryl methyl sites for hydroxylation is 1. The Bertz CT molecular complexity index is 498. The van der Waals surface area contributed by atoms with Crippen molar-refractivity contribution in [3.63, 3.8) is 0 Å². The van der Waals surface area contributed by atoms with Crippen LogP contribution in [0.3, 0.4) is 0 Å². The molecule has 18 heavy (non-hydrogen) atoms. The molecule has 2 aromatic rings. The summed E-state index contributed by atoms with van der Waals surface area (Å²) in [4.78, 5) is 8.33. The number of anilines is 1. The number of aromatic nitrogens is 3. The molecule has 0 fully saturated rings. The molecule has 0 aliphatic rings. The van der Waals surface area contributed by atoms with Gasteiger partial charge in [0.05, 0.1) is 18.8 Å². The van der Waals surface area contributed by atoms with Crippen molar-refractivity contribution in [1.29, 1.82) is 0 Å². The molecule has 0 atom stereocenters. The van der Waals surface area contributed by atoms with Crippen LogP contribution in [0.2, 0.25) is 0 Å². The molecule has 0 bridgehead atoms. The topological polar surface area (TPSA) is 73.1 Å². The predicted molar refractivity (Wildman–Crippen MR) is 66.4 cm³/mol. The minimum absolute atomic E-state index is 0.498. The lowest BCUT2D eigenvalue weighted by Crippen LogP contribution is -2.04. The van der Waals surface area contributed by atoms with Crippen molar-refractivity contribution in [3.05, 3.63) is 29.8 Å². The number of ether oxygens (including phenoxy) is 1. The van der Waals surface area contributed by atoms with Crippen molar-refractivity contribution in [2.24, 2.45) is 0 Å². The van der Waals surface area contributed by atoms with Crippen molar-refractivity contribution in [2.45, 2.75) is 26.8 Å². The Hall–Kier alpha value is -2.11. The quantitative estimate of drug-likeness (QED) is 0.844. The van der Waals surface area contributed by atoms with Gasteiger partial charge < -0.3 is 14.6 Å². The molecule has 0 saturated carbocycles. The van der Waals surface area contributed by atoms with Crippen molar-refractivity contribution in [2.75, 3.05) is 11.9 Å². The number of hydrogen-bond donors (Lipinski definition) is 1. The molecular formula is C12H16N4O2. The van der Waals surface area contributed by atoms with Gasteiger partial charge in [-0.1, -0.05) is 12.1 Å². The predicted octanol–water partition coefficient (Wildman–Crippen LogP) is 2.17. The van der Waals surface area contributed by atoms with Gasteiger partial charge in [0, 0.05) is 18.3 Å². The normalized spacial score (nSPS) is 10.3. The Labute approximate surface area is 105 Å². The summed E-state index contributed by atoms with van der Waals surface area (Å²) in [7, 11) is 0. The molecule has 0 amide bonds. The molecule has 2 rings (SSSR count). The Morgan fingerprint density at radius 2 is 2.33 bits per heavy atom. The van der Waals surface area contributed by atoms with Crippen LogP contribution in [0.15, 0.2) is 22.9 Å². The van der Waals surface area contributed by atoms with Crippen LogP contribution in [0, 0.1) is 6.92 Å². The monoisotopic (exact) mass is 248 g/mol. The first kappa shape index (κ1) is 12.3. The van der Waals surface area contributed by atoms with Gasteiger partial charge in [-0.2, -0.15) is 4.98 Å². The van der Waals surface area contributed by atoms with Gasteiger partial charge in [-0.3, -0.25) is 0 Å². The van der Waals surface area contributed by atoms with Gasteiger partial charge in [0.25, 0.3) is 0 Å². The second-order valence-electron chi connectivity index (χ2n) is 3.86. The number of nitrogens with zero attached hydrogens (tertiary/aromatic N) is 3. The second-order valence-corrected chi connectivity index (χ2v) is 3.86. The molecule has 2 aromatic heterocycles. The lowest BCUT2D eigenvalue weighted by Gasteiger charge is -2.05. The van der Waals surface area contributed by atoms with E-state index in [0.29, 0.717) is 25.0 Å². The average Bonchev–Trinajstić information content (AvgIpc) is 2.80. The minimum atomic E-state index is 0.498. The highest BCUT2D eigenvalue weighted by atomic mass is 16.5. The lowest BCUT2D eigenvalue weighted by atomic mass is 10.4. The van der Waals surface area contributed by atoms with E-state index in [9.17, 15) is 0 Å². The molecule has 0 saturated heterocycles. The smallest absolute Gasteiger partial charge is 0.226 e. The molecule has 6 heteroatoms. The van der Waals surface area contributed by atoms with Crippen LogP contribution in [0.5, 0.6) is 5.88 Å². The zero-order chi connectivity index (χ0) is 12.8. The molecule has 0 aromatic carbocycles. The van der Waals surface area contributed by atoms with E-state index in [0.717, 1.165) is 17.9 Å². The van der Waals surface area contributed by atoms with E-state index in [1.54, 1.807) is 12.3 Å². The Morgan fingerprint density at radius 3 is 3.06 bits per heavy atom. The highest BCUT2D eigenvalue weighted by Crippen LogP contribution is 2.10. The maximum Gasteiger partial charge on any atom is 0.226 e. The number of rotatable bonds is 6. The van der Waals surface area contributed by atoms with E-state index >= 15 is 0 Å². The van der Waals surface area contributed by atoms with Crippen LogP contribution in [-0.2, 0) is 6.54 Å². The molecular weight excluding hydrogens is 232 g/mol. The highest BCUT2D eigenvalue weighted by Gasteiger charge is 2.03. The van der Waals surface area contributed by atoms with Crippen molar-refractivity contribution in [3.8, 4) is 5.88 Å². The van der Waals surface area contributed by atoms with E-state index in [-0.39, 0.29) is 0 Å². The van der Waals surface area contributed by atoms with Gasteiger partial charge in [-0.05, 0) is 13.3 Å². The summed E-state index contributed by atoms with van der Waals surface area (Å²) in [5.74, 6) is 1.83. The summed E-state index contributed by atoms with van der Waals surface area (Å²) in [6, 6.07) is 3.60. The Morgan fingerprint density at radius 1 is 1.44 bits per heavy atom. The summed E-state index contributed by atoms with van der Waals surface area (Å²) in [5, 5.41) is 6.86. The molecule has 0 unspecified atom stereocenters. The van der Waals surface area contributed by atoms with Gasteiger partial charge in [0.15, 0.2) is 5.76 Å². The number of hydrogen-bond acceptors (Lipinski definition) is 6. The second kappa shape index (κ2) is 6.00. The van der Waals surface area contributed by atoms with Crippen molar-refractivity contribution < 1.29 is 9.26 Å². The highest BCUT2D eigenvalue weighted by molar-refractivity contribution is 5.28. The SMILES string of the molecule is CCCOc1ccnc(NCc2cc(C)no2)n1. The summed E-state index contributed by atoms with van der Waals surface area (Å²) >= 11 is 0. The first-order chi connectivity index (χ1) is 8.78. The first-order valence-electron chi connectivity index (χ1n) is 5.90. The fraction of sp³-hybridized carbons (Fsp3) is 0.417. The Balaban J connectivity index is 1.92. The summed E-state index contributed by atoms with van der Waals surface area (Å²) < 4.78 is 10.5. The van der Waals surface area contributed by atoms with E-state index < -0.39 is 0 Å². The van der Waals surface area contributed by atoms with Gasteiger partial charge in [0.2, 0.25) is 11.8 Å². The van der Waals surface area contributed by atoms with E-state index in [1.165, 1.54) is 0 Å². The van der Waals surface area contributed by atoms with Crippen LogP contribution < -0.4 is 10.1 Å². The van der Waals surface area contributed by atoms with Crippen LogP contribution >= 0.6 is 0 Å². The van der Waals surface area contributed by atoms with Crippen LogP contribution in [0.4, 0.5) is 5.95 Å². The van der Waals surface area contributed by atoms with E-state index in [1.807, 2.05) is 19.9 Å². The molecule has 0 spiro atoms. The van der Waals surface area contributed by atoms with Gasteiger partial charge in [-0.15, -0.1) is 0 Å². The van der Waals surface area contributed by atoms with Crippen LogP contribution in [-0.4, -0.2) is 21.7 Å². The zero-order valence-electron chi connectivity index (χ0n) is 10.5. The van der Waals surface area contributed by atoms with E-state index in [4.69, 9.17) is 9.26 Å². The summed E-state index contributed by atoms with van der Waals surface area (Å²) in [5.41, 5.74) is 0.854. The summed E-state index contributed by atoms with van der Waals surface area (Å²) in [6.45, 7) is 5.07. The van der Waals surface area contributed by atoms with Gasteiger partial charge in [0.1, 0.15) is 0 Å². The van der Waals surface area contributed by atoms with Crippen LogP contribution in [0.1, 0.15) is 24.8 Å². The molecule has 1 N–H and O–H groups in total. The van der Waals surface area contributed by atoms with Gasteiger partial charge in [-0.25, -0.2) is 4.98 Å². The molecule has 0 aliphatic carbocycles. The standard InChI is InChI=1S/C12H16N4O2/c1-3-6-17-11-4-5-13-12(15-11)14-8-10-7-9(2)16-18-10/h4-5,7H,3,6,8H2,1-2H3,(H,13,14,15). The third-order valence-electron chi connectivity index (χ3n) is 2.18. The Kier molecular flexibility index (Phi) is 4.11. The zero-order valence-corrected chi connectivity index (χ0v) is 10.5. The minimum Gasteiger partial charge on any atom is -0.478 e. The first-order valence-corrected chi connectivity index (χ1v) is 5.90.